The summed E-state index contributed by atoms with van der Waals surface area (Å²) in [6.07, 6.45) is 3.86. The van der Waals surface area contributed by atoms with E-state index in [9.17, 15) is 9.18 Å². The number of carboxylic acid groups (broad SMARTS) is 1. The lowest BCUT2D eigenvalue weighted by atomic mass is 9.95. The van der Waals surface area contributed by atoms with Crippen LogP contribution in [-0.4, -0.2) is 43.8 Å². The van der Waals surface area contributed by atoms with Crippen molar-refractivity contribution in [1.82, 2.24) is 19.7 Å². The molecule has 3 heterocycles. The Bertz CT molecular complexity index is 978. The Morgan fingerprint density at radius 3 is 3.07 bits per heavy atom. The summed E-state index contributed by atoms with van der Waals surface area (Å²) in [5.41, 5.74) is 4.13. The van der Waals surface area contributed by atoms with Crippen LogP contribution in [0.3, 0.4) is 0 Å². The summed E-state index contributed by atoms with van der Waals surface area (Å²) in [4.78, 5) is 16.7. The third kappa shape index (κ3) is 3.73. The highest BCUT2D eigenvalue weighted by atomic mass is 19.1. The molecule has 1 fully saturated rings. The number of nitrogens with one attached hydrogen (secondary N) is 1. The Morgan fingerprint density at radius 1 is 1.41 bits per heavy atom. The number of carbonyl (C=O) groups is 1. The van der Waals surface area contributed by atoms with Crippen molar-refractivity contribution in [2.75, 3.05) is 13.1 Å². The van der Waals surface area contributed by atoms with Crippen LogP contribution in [0.2, 0.25) is 0 Å². The van der Waals surface area contributed by atoms with E-state index in [2.05, 4.69) is 15.0 Å². The molecule has 2 aromatic heterocycles. The normalized spacial score (nSPS) is 18.2. The summed E-state index contributed by atoms with van der Waals surface area (Å²) in [7, 11) is 0. The van der Waals surface area contributed by atoms with E-state index in [1.165, 1.54) is 10.7 Å². The van der Waals surface area contributed by atoms with Crippen LogP contribution in [0.1, 0.15) is 35.7 Å². The zero-order valence-corrected chi connectivity index (χ0v) is 15.3. The standard InChI is InChI=1S/C20H23FN4O2/c1-13-16-9-15(21)4-5-18(16)22-19(13)11-24-7-2-3-14(10-24)17-6-8-25(23-17)12-20(26)27/h4-6,8-9,14,22H,2-3,7,10-12H2,1H3,(H,26,27)/t14-/m0/s1. The van der Waals surface area contributed by atoms with Crippen LogP contribution in [0.4, 0.5) is 4.39 Å². The molecule has 27 heavy (non-hydrogen) atoms. The molecule has 0 amide bonds. The van der Waals surface area contributed by atoms with Gasteiger partial charge in [0.05, 0.1) is 5.69 Å². The fourth-order valence-electron chi connectivity index (χ4n) is 4.00. The molecule has 0 aliphatic carbocycles. The second kappa shape index (κ2) is 7.15. The third-order valence-corrected chi connectivity index (χ3v) is 5.39. The van der Waals surface area contributed by atoms with Gasteiger partial charge in [0.1, 0.15) is 12.4 Å². The van der Waals surface area contributed by atoms with E-state index in [0.29, 0.717) is 5.92 Å². The minimum atomic E-state index is -0.888. The summed E-state index contributed by atoms with van der Waals surface area (Å²) in [5, 5.41) is 14.3. The second-order valence-electron chi connectivity index (χ2n) is 7.32. The van der Waals surface area contributed by atoms with E-state index in [1.54, 1.807) is 18.3 Å². The van der Waals surface area contributed by atoms with Crippen molar-refractivity contribution in [3.05, 3.63) is 53.2 Å². The molecular weight excluding hydrogens is 347 g/mol. The number of fused-ring (bicyclic) bond motifs is 1. The number of hydrogen-bond acceptors (Lipinski definition) is 3. The van der Waals surface area contributed by atoms with Crippen LogP contribution in [0.15, 0.2) is 30.5 Å². The highest BCUT2D eigenvalue weighted by molar-refractivity contribution is 5.84. The van der Waals surface area contributed by atoms with E-state index in [1.807, 2.05) is 13.0 Å². The number of aryl methyl sites for hydroxylation is 1. The quantitative estimate of drug-likeness (QED) is 0.723. The van der Waals surface area contributed by atoms with Crippen molar-refractivity contribution in [3.63, 3.8) is 0 Å². The number of hydrogen-bond donors (Lipinski definition) is 2. The highest BCUT2D eigenvalue weighted by Crippen LogP contribution is 2.29. The summed E-state index contributed by atoms with van der Waals surface area (Å²) in [6, 6.07) is 6.77. The maximum atomic E-state index is 13.5. The van der Waals surface area contributed by atoms with Crippen LogP contribution >= 0.6 is 0 Å². The lowest BCUT2D eigenvalue weighted by Crippen LogP contribution is -2.34. The van der Waals surface area contributed by atoms with E-state index < -0.39 is 5.97 Å². The Morgan fingerprint density at radius 2 is 2.26 bits per heavy atom. The van der Waals surface area contributed by atoms with Gasteiger partial charge in [-0.05, 0) is 56.1 Å². The molecular formula is C20H23FN4O2. The molecule has 1 atom stereocenters. The molecule has 4 rings (SSSR count). The van der Waals surface area contributed by atoms with Gasteiger partial charge in [0.15, 0.2) is 0 Å². The van der Waals surface area contributed by atoms with Crippen molar-refractivity contribution in [2.24, 2.45) is 0 Å². The summed E-state index contributed by atoms with van der Waals surface area (Å²) < 4.78 is 15.0. The molecule has 7 heteroatoms. The van der Waals surface area contributed by atoms with Gasteiger partial charge in [-0.1, -0.05) is 0 Å². The Labute approximate surface area is 156 Å². The number of nitrogens with zero attached hydrogens (tertiary/aromatic N) is 3. The first-order chi connectivity index (χ1) is 13.0. The van der Waals surface area contributed by atoms with Gasteiger partial charge >= 0.3 is 5.97 Å². The van der Waals surface area contributed by atoms with Crippen molar-refractivity contribution < 1.29 is 14.3 Å². The van der Waals surface area contributed by atoms with Crippen LogP contribution in [0, 0.1) is 12.7 Å². The zero-order valence-electron chi connectivity index (χ0n) is 15.3. The number of aliphatic carboxylic acids is 1. The first-order valence-electron chi connectivity index (χ1n) is 9.24. The average Bonchev–Trinajstić information content (AvgIpc) is 3.21. The van der Waals surface area contributed by atoms with Crippen LogP contribution in [0.5, 0.6) is 0 Å². The molecule has 142 valence electrons. The van der Waals surface area contributed by atoms with Crippen LogP contribution in [-0.2, 0) is 17.9 Å². The van der Waals surface area contributed by atoms with Crippen molar-refractivity contribution >= 4 is 16.9 Å². The minimum Gasteiger partial charge on any atom is -0.480 e. The number of carboxylic acids is 1. The third-order valence-electron chi connectivity index (χ3n) is 5.39. The van der Waals surface area contributed by atoms with Gasteiger partial charge in [-0.25, -0.2) is 4.39 Å². The molecule has 3 aromatic rings. The summed E-state index contributed by atoms with van der Waals surface area (Å²) in [6.45, 7) is 4.60. The number of H-pyrrole nitrogens is 1. The monoisotopic (exact) mass is 370 g/mol. The van der Waals surface area contributed by atoms with Gasteiger partial charge in [-0.3, -0.25) is 14.4 Å². The fourth-order valence-corrected chi connectivity index (χ4v) is 4.00. The maximum Gasteiger partial charge on any atom is 0.325 e. The molecule has 1 saturated heterocycles. The van der Waals surface area contributed by atoms with Gasteiger partial charge in [0.2, 0.25) is 0 Å². The summed E-state index contributed by atoms with van der Waals surface area (Å²) in [5.74, 6) is -0.803. The van der Waals surface area contributed by atoms with Gasteiger partial charge in [-0.15, -0.1) is 0 Å². The molecule has 0 saturated carbocycles. The lowest BCUT2D eigenvalue weighted by Gasteiger charge is -2.31. The maximum absolute atomic E-state index is 13.5. The highest BCUT2D eigenvalue weighted by Gasteiger charge is 2.24. The molecule has 0 radical (unpaired) electrons. The summed E-state index contributed by atoms with van der Waals surface area (Å²) >= 11 is 0. The molecule has 0 spiro atoms. The molecule has 2 N–H and O–H groups in total. The fraction of sp³-hybridized carbons (Fsp3) is 0.400. The number of benzene rings is 1. The first kappa shape index (κ1) is 17.7. The number of rotatable bonds is 5. The first-order valence-corrected chi connectivity index (χ1v) is 9.24. The predicted molar refractivity (Wildman–Crippen MR) is 100 cm³/mol. The van der Waals surface area contributed by atoms with Crippen molar-refractivity contribution in [2.45, 2.75) is 38.8 Å². The number of halogens is 1. The van der Waals surface area contributed by atoms with Crippen LogP contribution in [0.25, 0.3) is 10.9 Å². The van der Waals surface area contributed by atoms with E-state index >= 15 is 0 Å². The zero-order chi connectivity index (χ0) is 19.0. The molecule has 0 unspecified atom stereocenters. The number of aromatic amines is 1. The smallest absolute Gasteiger partial charge is 0.325 e. The van der Waals surface area contributed by atoms with Gasteiger partial charge < -0.3 is 10.1 Å². The minimum absolute atomic E-state index is 0.110. The van der Waals surface area contributed by atoms with Crippen molar-refractivity contribution in [1.29, 1.82) is 0 Å². The molecule has 1 aliphatic heterocycles. The molecule has 0 bridgehead atoms. The van der Waals surface area contributed by atoms with Gasteiger partial charge in [0, 0.05) is 41.8 Å². The van der Waals surface area contributed by atoms with E-state index in [4.69, 9.17) is 5.11 Å². The van der Waals surface area contributed by atoms with Gasteiger partial charge in [0.25, 0.3) is 0 Å². The van der Waals surface area contributed by atoms with E-state index in [-0.39, 0.29) is 12.4 Å². The number of likely N-dealkylation sites (tertiary alicyclic amines) is 1. The largest absolute Gasteiger partial charge is 0.480 e. The topological polar surface area (TPSA) is 74.2 Å². The average molecular weight is 370 g/mol. The molecule has 1 aromatic carbocycles. The van der Waals surface area contributed by atoms with E-state index in [0.717, 1.165) is 60.3 Å². The Hall–Kier alpha value is -2.67. The number of piperidine rings is 1. The Kier molecular flexibility index (Phi) is 4.70. The van der Waals surface area contributed by atoms with Crippen LogP contribution < -0.4 is 0 Å². The Balaban J connectivity index is 1.48. The van der Waals surface area contributed by atoms with Gasteiger partial charge in [-0.2, -0.15) is 5.10 Å². The SMILES string of the molecule is Cc1c(CN2CCC[C@H](c3ccn(CC(=O)O)n3)C2)[nH]c2ccc(F)cc12. The molecule has 1 aliphatic rings. The predicted octanol–water partition coefficient (Wildman–Crippen LogP) is 3.28. The number of aromatic nitrogens is 3. The second-order valence-corrected chi connectivity index (χ2v) is 7.32. The van der Waals surface area contributed by atoms with Crippen molar-refractivity contribution in [3.8, 4) is 0 Å². The molecule has 6 nitrogen and oxygen atoms in total. The lowest BCUT2D eigenvalue weighted by molar-refractivity contribution is -0.137.